The number of hydrogen-bond acceptors (Lipinski definition) is 2. The van der Waals surface area contributed by atoms with Crippen LogP contribution in [0.15, 0.2) is 18.2 Å². The van der Waals surface area contributed by atoms with Gasteiger partial charge in [-0.1, -0.05) is 19.1 Å². The molecule has 0 aliphatic carbocycles. The van der Waals surface area contributed by atoms with Gasteiger partial charge in [-0.2, -0.15) is 0 Å². The van der Waals surface area contributed by atoms with Crippen LogP contribution in [-0.4, -0.2) is 24.0 Å². The van der Waals surface area contributed by atoms with Crippen LogP contribution in [0.1, 0.15) is 44.2 Å². The number of likely N-dealkylation sites (tertiary alicyclic amines) is 1. The average molecular weight is 258 g/mol. The van der Waals surface area contributed by atoms with E-state index in [0.29, 0.717) is 0 Å². The van der Waals surface area contributed by atoms with Crippen molar-refractivity contribution in [1.82, 2.24) is 4.90 Å². The van der Waals surface area contributed by atoms with Crippen LogP contribution >= 0.6 is 0 Å². The summed E-state index contributed by atoms with van der Waals surface area (Å²) in [6.45, 7) is 8.31. The van der Waals surface area contributed by atoms with Gasteiger partial charge >= 0.3 is 0 Å². The van der Waals surface area contributed by atoms with Crippen molar-refractivity contribution in [3.63, 3.8) is 0 Å². The van der Waals surface area contributed by atoms with Gasteiger partial charge in [-0.15, -0.1) is 0 Å². The quantitative estimate of drug-likeness (QED) is 0.871. The Morgan fingerprint density at radius 1 is 1.26 bits per heavy atom. The van der Waals surface area contributed by atoms with E-state index in [1.165, 1.54) is 49.0 Å². The molecule has 2 heteroatoms. The molecule has 104 valence electrons. The minimum atomic E-state index is 0.725. The molecular weight excluding hydrogens is 232 g/mol. The Hall–Kier alpha value is -1.02. The average Bonchev–Trinajstić information content (AvgIpc) is 2.44. The maximum Gasteiger partial charge on any atom is 0.0372 e. The molecule has 1 aromatic carbocycles. The number of benzene rings is 1. The molecule has 2 aliphatic rings. The van der Waals surface area contributed by atoms with Crippen LogP contribution in [0.25, 0.3) is 0 Å². The fourth-order valence-corrected chi connectivity index (χ4v) is 3.51. The van der Waals surface area contributed by atoms with E-state index < -0.39 is 0 Å². The molecule has 3 rings (SSSR count). The van der Waals surface area contributed by atoms with Crippen LogP contribution in [0, 0.1) is 5.92 Å². The predicted octanol–water partition coefficient (Wildman–Crippen LogP) is 3.67. The summed E-state index contributed by atoms with van der Waals surface area (Å²) >= 11 is 0. The first-order valence-electron chi connectivity index (χ1n) is 7.84. The van der Waals surface area contributed by atoms with Crippen molar-refractivity contribution >= 4 is 5.69 Å². The third kappa shape index (κ3) is 2.79. The second kappa shape index (κ2) is 5.54. The van der Waals surface area contributed by atoms with Gasteiger partial charge in [0.05, 0.1) is 0 Å². The van der Waals surface area contributed by atoms with Crippen LogP contribution in [0.2, 0.25) is 0 Å². The highest BCUT2D eigenvalue weighted by molar-refractivity contribution is 5.54. The molecule has 2 unspecified atom stereocenters. The molecule has 1 N–H and O–H groups in total. The summed E-state index contributed by atoms with van der Waals surface area (Å²) in [6, 6.07) is 7.74. The van der Waals surface area contributed by atoms with Gasteiger partial charge in [-0.3, -0.25) is 4.90 Å². The minimum absolute atomic E-state index is 0.725. The minimum Gasteiger partial charge on any atom is -0.385 e. The maximum absolute atomic E-state index is 3.50. The molecule has 2 heterocycles. The highest BCUT2D eigenvalue weighted by Crippen LogP contribution is 2.27. The van der Waals surface area contributed by atoms with E-state index in [2.05, 4.69) is 42.3 Å². The van der Waals surface area contributed by atoms with Crippen molar-refractivity contribution in [2.75, 3.05) is 18.4 Å². The highest BCUT2D eigenvalue weighted by Gasteiger charge is 2.24. The SMILES string of the molecule is CC1CCCN(Cc2ccc3c(c2)CCCN3)C1C. The van der Waals surface area contributed by atoms with Gasteiger partial charge in [-0.05, 0) is 62.3 Å². The zero-order chi connectivity index (χ0) is 13.2. The summed E-state index contributed by atoms with van der Waals surface area (Å²) in [4.78, 5) is 2.66. The van der Waals surface area contributed by atoms with Crippen LogP contribution in [0.4, 0.5) is 5.69 Å². The van der Waals surface area contributed by atoms with E-state index >= 15 is 0 Å². The zero-order valence-corrected chi connectivity index (χ0v) is 12.3. The first kappa shape index (κ1) is 13.0. The molecule has 1 fully saturated rings. The molecule has 19 heavy (non-hydrogen) atoms. The number of anilines is 1. The van der Waals surface area contributed by atoms with Gasteiger partial charge in [-0.25, -0.2) is 0 Å². The van der Waals surface area contributed by atoms with E-state index in [-0.39, 0.29) is 0 Å². The maximum atomic E-state index is 3.50. The fraction of sp³-hybridized carbons (Fsp3) is 0.647. The number of piperidine rings is 1. The second-order valence-electron chi connectivity index (χ2n) is 6.35. The topological polar surface area (TPSA) is 15.3 Å². The lowest BCUT2D eigenvalue weighted by Crippen LogP contribution is -2.41. The normalized spacial score (nSPS) is 27.7. The zero-order valence-electron chi connectivity index (χ0n) is 12.3. The van der Waals surface area contributed by atoms with Gasteiger partial charge in [0.1, 0.15) is 0 Å². The number of fused-ring (bicyclic) bond motifs is 1. The molecule has 0 bridgehead atoms. The Bertz CT molecular complexity index is 441. The Labute approximate surface area is 117 Å². The molecule has 0 spiro atoms. The largest absolute Gasteiger partial charge is 0.385 e. The lowest BCUT2D eigenvalue weighted by molar-refractivity contribution is 0.106. The summed E-state index contributed by atoms with van der Waals surface area (Å²) in [6.07, 6.45) is 5.26. The first-order chi connectivity index (χ1) is 9.24. The van der Waals surface area contributed by atoms with Crippen molar-refractivity contribution in [1.29, 1.82) is 0 Å². The Morgan fingerprint density at radius 2 is 2.16 bits per heavy atom. The Morgan fingerprint density at radius 3 is 3.05 bits per heavy atom. The summed E-state index contributed by atoms with van der Waals surface area (Å²) < 4.78 is 0. The van der Waals surface area contributed by atoms with Crippen LogP contribution < -0.4 is 5.32 Å². The van der Waals surface area contributed by atoms with Crippen LogP contribution in [-0.2, 0) is 13.0 Å². The molecule has 1 saturated heterocycles. The molecular formula is C17H26N2. The number of hydrogen-bond donors (Lipinski definition) is 1. The van der Waals surface area contributed by atoms with Gasteiger partial charge in [0.2, 0.25) is 0 Å². The molecule has 0 radical (unpaired) electrons. The number of aryl methyl sites for hydroxylation is 1. The molecule has 2 nitrogen and oxygen atoms in total. The Kier molecular flexibility index (Phi) is 3.79. The number of rotatable bonds is 2. The summed E-state index contributed by atoms with van der Waals surface area (Å²) in [5.74, 6) is 0.841. The van der Waals surface area contributed by atoms with E-state index in [1.807, 2.05) is 0 Å². The monoisotopic (exact) mass is 258 g/mol. The standard InChI is InChI=1S/C17H26N2/c1-13-5-4-10-19(14(13)2)12-15-7-8-17-16(11-15)6-3-9-18-17/h7-8,11,13-14,18H,3-6,9-10,12H2,1-2H3. The predicted molar refractivity (Wildman–Crippen MR) is 81.5 cm³/mol. The van der Waals surface area contributed by atoms with Gasteiger partial charge in [0.15, 0.2) is 0 Å². The summed E-state index contributed by atoms with van der Waals surface area (Å²) in [5, 5.41) is 3.50. The van der Waals surface area contributed by atoms with E-state index in [1.54, 1.807) is 0 Å². The van der Waals surface area contributed by atoms with Crippen LogP contribution in [0.5, 0.6) is 0 Å². The van der Waals surface area contributed by atoms with Crippen molar-refractivity contribution in [3.05, 3.63) is 29.3 Å². The van der Waals surface area contributed by atoms with Crippen molar-refractivity contribution in [3.8, 4) is 0 Å². The molecule has 0 amide bonds. The fourth-order valence-electron chi connectivity index (χ4n) is 3.51. The lowest BCUT2D eigenvalue weighted by atomic mass is 9.91. The number of nitrogens with zero attached hydrogens (tertiary/aromatic N) is 1. The van der Waals surface area contributed by atoms with Crippen LogP contribution in [0.3, 0.4) is 0 Å². The van der Waals surface area contributed by atoms with Crippen molar-refractivity contribution in [2.24, 2.45) is 5.92 Å². The molecule has 0 saturated carbocycles. The second-order valence-corrected chi connectivity index (χ2v) is 6.35. The summed E-state index contributed by atoms with van der Waals surface area (Å²) in [7, 11) is 0. The lowest BCUT2D eigenvalue weighted by Gasteiger charge is -2.38. The highest BCUT2D eigenvalue weighted by atomic mass is 15.2. The smallest absolute Gasteiger partial charge is 0.0372 e. The molecule has 2 aliphatic heterocycles. The molecule has 0 aromatic heterocycles. The third-order valence-electron chi connectivity index (χ3n) is 5.00. The summed E-state index contributed by atoms with van der Waals surface area (Å²) in [5.41, 5.74) is 4.36. The van der Waals surface area contributed by atoms with Crippen molar-refractivity contribution in [2.45, 2.75) is 52.1 Å². The molecule has 1 aromatic rings. The number of nitrogens with one attached hydrogen (secondary N) is 1. The van der Waals surface area contributed by atoms with Crippen molar-refractivity contribution < 1.29 is 0 Å². The van der Waals surface area contributed by atoms with E-state index in [4.69, 9.17) is 0 Å². The molecule has 2 atom stereocenters. The van der Waals surface area contributed by atoms with Gasteiger partial charge in [0, 0.05) is 24.8 Å². The Balaban J connectivity index is 1.72. The van der Waals surface area contributed by atoms with E-state index in [9.17, 15) is 0 Å². The van der Waals surface area contributed by atoms with Gasteiger partial charge < -0.3 is 5.32 Å². The first-order valence-corrected chi connectivity index (χ1v) is 7.84. The van der Waals surface area contributed by atoms with E-state index in [0.717, 1.165) is 25.0 Å². The third-order valence-corrected chi connectivity index (χ3v) is 5.00. The van der Waals surface area contributed by atoms with Gasteiger partial charge in [0.25, 0.3) is 0 Å².